The summed E-state index contributed by atoms with van der Waals surface area (Å²) in [4.78, 5) is 23.9. The van der Waals surface area contributed by atoms with Crippen LogP contribution in [0.25, 0.3) is 0 Å². The van der Waals surface area contributed by atoms with E-state index >= 15 is 0 Å². The zero-order valence-electron chi connectivity index (χ0n) is 10.0. The summed E-state index contributed by atoms with van der Waals surface area (Å²) in [5.41, 5.74) is 0. The molecule has 0 aliphatic carbocycles. The summed E-state index contributed by atoms with van der Waals surface area (Å²) in [5.74, 6) is -1.27. The number of carbonyl (C=O) groups is 2. The van der Waals surface area contributed by atoms with Gasteiger partial charge in [0, 0.05) is 26.1 Å². The molecule has 0 radical (unpaired) electrons. The minimum Gasteiger partial charge on any atom is -0.479 e. The van der Waals surface area contributed by atoms with Gasteiger partial charge in [0.15, 0.2) is 6.10 Å². The average Bonchev–Trinajstić information content (AvgIpc) is 2.67. The average molecular weight is 258 g/mol. The summed E-state index contributed by atoms with van der Waals surface area (Å²) >= 11 is 0. The summed E-state index contributed by atoms with van der Waals surface area (Å²) < 4.78 is 5.61. The molecule has 102 valence electrons. The maximum atomic E-state index is 11.8. The van der Waals surface area contributed by atoms with Gasteiger partial charge < -0.3 is 25.2 Å². The number of fused-ring (bicyclic) bond motifs is 2. The van der Waals surface area contributed by atoms with E-state index in [0.717, 1.165) is 12.8 Å². The molecule has 2 bridgehead atoms. The van der Waals surface area contributed by atoms with Gasteiger partial charge in [-0.25, -0.2) is 9.59 Å². The smallest absolute Gasteiger partial charge is 0.332 e. The van der Waals surface area contributed by atoms with Gasteiger partial charge in [0.1, 0.15) is 0 Å². The monoisotopic (exact) mass is 258 g/mol. The number of aliphatic carboxylic acids is 1. The number of ether oxygens (including phenoxy) is 1. The van der Waals surface area contributed by atoms with Crippen LogP contribution in [0.4, 0.5) is 4.79 Å². The number of urea groups is 1. The first-order chi connectivity index (χ1) is 8.56. The highest BCUT2D eigenvalue weighted by molar-refractivity contribution is 5.75. The molecule has 3 N–H and O–H groups in total. The third-order valence-corrected chi connectivity index (χ3v) is 3.31. The van der Waals surface area contributed by atoms with Gasteiger partial charge >= 0.3 is 12.0 Å². The molecule has 2 amide bonds. The van der Waals surface area contributed by atoms with Gasteiger partial charge in [0.2, 0.25) is 0 Å². The summed E-state index contributed by atoms with van der Waals surface area (Å²) in [6.45, 7) is 1.33. The molecule has 2 heterocycles. The molecular formula is C11H18N2O5. The Labute approximate surface area is 105 Å². The lowest BCUT2D eigenvalue weighted by Crippen LogP contribution is -2.50. The van der Waals surface area contributed by atoms with Gasteiger partial charge in [0.25, 0.3) is 0 Å². The van der Waals surface area contributed by atoms with E-state index in [9.17, 15) is 9.59 Å². The zero-order chi connectivity index (χ0) is 13.1. The predicted octanol–water partition coefficient (Wildman–Crippen LogP) is -0.605. The van der Waals surface area contributed by atoms with E-state index in [1.165, 1.54) is 0 Å². The number of carbonyl (C=O) groups excluding carboxylic acids is 1. The molecule has 2 saturated heterocycles. The van der Waals surface area contributed by atoms with Crippen LogP contribution < -0.4 is 5.32 Å². The molecule has 3 unspecified atom stereocenters. The predicted molar refractivity (Wildman–Crippen MR) is 61.1 cm³/mol. The van der Waals surface area contributed by atoms with Crippen molar-refractivity contribution in [1.82, 2.24) is 10.2 Å². The van der Waals surface area contributed by atoms with Crippen molar-refractivity contribution in [1.29, 1.82) is 0 Å². The Morgan fingerprint density at radius 1 is 1.33 bits per heavy atom. The van der Waals surface area contributed by atoms with Gasteiger partial charge in [-0.3, -0.25) is 0 Å². The number of carboxylic acids is 1. The fourth-order valence-corrected chi connectivity index (χ4v) is 2.33. The molecule has 3 atom stereocenters. The number of rotatable bonds is 4. The molecule has 2 aliphatic rings. The fourth-order valence-electron chi connectivity index (χ4n) is 2.33. The molecule has 0 spiro atoms. The number of nitrogens with one attached hydrogen (secondary N) is 1. The van der Waals surface area contributed by atoms with E-state index in [2.05, 4.69) is 5.32 Å². The van der Waals surface area contributed by atoms with Crippen LogP contribution in [0.15, 0.2) is 0 Å². The number of hydrogen-bond acceptors (Lipinski definition) is 4. The summed E-state index contributed by atoms with van der Waals surface area (Å²) in [6, 6.07) is -0.215. The number of carboxylic acid groups (broad SMARTS) is 1. The number of nitrogens with zero attached hydrogens (tertiary/aromatic N) is 1. The number of aliphatic hydroxyl groups is 1. The second-order valence-corrected chi connectivity index (χ2v) is 4.74. The molecule has 0 saturated carbocycles. The Morgan fingerprint density at radius 3 is 2.50 bits per heavy atom. The van der Waals surface area contributed by atoms with E-state index in [1.807, 2.05) is 0 Å². The Bertz CT molecular complexity index is 323. The molecule has 7 nitrogen and oxygen atoms in total. The van der Waals surface area contributed by atoms with E-state index in [-0.39, 0.29) is 31.2 Å². The Kier molecular flexibility index (Phi) is 4.03. The standard InChI is InChI=1S/C11H18N2O5/c14-9(10(15)16)3-4-12-11(17)13-5-7-1-2-8(6-13)18-7/h7-9,14H,1-6H2,(H,12,17)(H,15,16). The van der Waals surface area contributed by atoms with Crippen LogP contribution in [-0.2, 0) is 9.53 Å². The second kappa shape index (κ2) is 5.53. The molecule has 2 rings (SSSR count). The quantitative estimate of drug-likeness (QED) is 0.625. The van der Waals surface area contributed by atoms with E-state index in [4.69, 9.17) is 14.9 Å². The van der Waals surface area contributed by atoms with Crippen LogP contribution in [0, 0.1) is 0 Å². The third kappa shape index (κ3) is 3.11. The van der Waals surface area contributed by atoms with Crippen LogP contribution in [0.3, 0.4) is 0 Å². The highest BCUT2D eigenvalue weighted by Gasteiger charge is 2.35. The normalized spacial score (nSPS) is 27.9. The minimum absolute atomic E-state index is 0.0122. The molecule has 0 aromatic carbocycles. The number of likely N-dealkylation sites (tertiary alicyclic amines) is 1. The van der Waals surface area contributed by atoms with Gasteiger partial charge in [-0.2, -0.15) is 0 Å². The molecule has 2 aliphatic heterocycles. The van der Waals surface area contributed by atoms with E-state index in [0.29, 0.717) is 13.1 Å². The Balaban J connectivity index is 1.70. The first-order valence-electron chi connectivity index (χ1n) is 6.15. The molecular weight excluding hydrogens is 240 g/mol. The van der Waals surface area contributed by atoms with Crippen molar-refractivity contribution in [2.75, 3.05) is 19.6 Å². The van der Waals surface area contributed by atoms with Crippen molar-refractivity contribution >= 4 is 12.0 Å². The zero-order valence-corrected chi connectivity index (χ0v) is 10.0. The maximum absolute atomic E-state index is 11.8. The lowest BCUT2D eigenvalue weighted by Gasteiger charge is -2.32. The molecule has 2 fully saturated rings. The molecule has 7 heteroatoms. The van der Waals surface area contributed by atoms with Crippen molar-refractivity contribution in [2.24, 2.45) is 0 Å². The Morgan fingerprint density at radius 2 is 1.94 bits per heavy atom. The van der Waals surface area contributed by atoms with Crippen molar-refractivity contribution in [3.8, 4) is 0 Å². The topological polar surface area (TPSA) is 99.1 Å². The number of hydrogen-bond donors (Lipinski definition) is 3. The van der Waals surface area contributed by atoms with Crippen molar-refractivity contribution in [3.63, 3.8) is 0 Å². The Hall–Kier alpha value is -1.34. The molecule has 18 heavy (non-hydrogen) atoms. The highest BCUT2D eigenvalue weighted by Crippen LogP contribution is 2.25. The number of amides is 2. The van der Waals surface area contributed by atoms with E-state index < -0.39 is 12.1 Å². The van der Waals surface area contributed by atoms with Crippen molar-refractivity contribution < 1.29 is 24.5 Å². The summed E-state index contributed by atoms with van der Waals surface area (Å²) in [6.07, 6.45) is 0.848. The van der Waals surface area contributed by atoms with Gasteiger partial charge in [-0.15, -0.1) is 0 Å². The lowest BCUT2D eigenvalue weighted by atomic mass is 10.2. The summed E-state index contributed by atoms with van der Waals surface area (Å²) in [5, 5.41) is 20.2. The maximum Gasteiger partial charge on any atom is 0.332 e. The van der Waals surface area contributed by atoms with Crippen molar-refractivity contribution in [2.45, 2.75) is 37.6 Å². The summed E-state index contributed by atoms with van der Waals surface area (Å²) in [7, 11) is 0. The first kappa shape index (κ1) is 13.1. The first-order valence-corrected chi connectivity index (χ1v) is 6.15. The van der Waals surface area contributed by atoms with Gasteiger partial charge in [-0.1, -0.05) is 0 Å². The van der Waals surface area contributed by atoms with E-state index in [1.54, 1.807) is 4.90 Å². The van der Waals surface area contributed by atoms with Gasteiger partial charge in [-0.05, 0) is 12.8 Å². The van der Waals surface area contributed by atoms with Gasteiger partial charge in [0.05, 0.1) is 12.2 Å². The highest BCUT2D eigenvalue weighted by atomic mass is 16.5. The van der Waals surface area contributed by atoms with Crippen LogP contribution >= 0.6 is 0 Å². The fraction of sp³-hybridized carbons (Fsp3) is 0.818. The van der Waals surface area contributed by atoms with Crippen molar-refractivity contribution in [3.05, 3.63) is 0 Å². The van der Waals surface area contributed by atoms with Crippen LogP contribution in [-0.4, -0.2) is 65.1 Å². The van der Waals surface area contributed by atoms with Crippen LogP contribution in [0.2, 0.25) is 0 Å². The minimum atomic E-state index is -1.42. The van der Waals surface area contributed by atoms with Crippen LogP contribution in [0.5, 0.6) is 0 Å². The van der Waals surface area contributed by atoms with Crippen LogP contribution in [0.1, 0.15) is 19.3 Å². The third-order valence-electron chi connectivity index (χ3n) is 3.31. The number of morpholine rings is 1. The molecule has 0 aromatic heterocycles. The SMILES string of the molecule is O=C(O)C(O)CCNC(=O)N1CC2CCC(C1)O2. The number of aliphatic hydroxyl groups excluding tert-OH is 1. The second-order valence-electron chi connectivity index (χ2n) is 4.74. The molecule has 0 aromatic rings. The lowest BCUT2D eigenvalue weighted by molar-refractivity contribution is -0.146. The largest absolute Gasteiger partial charge is 0.479 e.